The second-order valence-electron chi connectivity index (χ2n) is 7.53. The standard InChI is InChI=1S/C23H28N2O3/c26-23(19-10-11-21-22(15-19)28-14-6-13-27-21)24-16-20-9-4-5-12-25(20)17-18-7-2-1-3-8-18/h1-3,7-8,10-11,15,20H,4-6,9,12-14,16-17H2,(H,24,26). The maximum atomic E-state index is 12.7. The van der Waals surface area contributed by atoms with Crippen LogP contribution >= 0.6 is 0 Å². The fourth-order valence-electron chi connectivity index (χ4n) is 3.93. The van der Waals surface area contributed by atoms with Gasteiger partial charge in [0.1, 0.15) is 0 Å². The summed E-state index contributed by atoms with van der Waals surface area (Å²) in [5.74, 6) is 1.32. The van der Waals surface area contributed by atoms with Crippen molar-refractivity contribution in [2.45, 2.75) is 38.3 Å². The van der Waals surface area contributed by atoms with Crippen LogP contribution in [0.2, 0.25) is 0 Å². The Balaban J connectivity index is 1.37. The third-order valence-electron chi connectivity index (χ3n) is 5.49. The summed E-state index contributed by atoms with van der Waals surface area (Å²) >= 11 is 0. The third kappa shape index (κ3) is 4.65. The number of nitrogens with one attached hydrogen (secondary N) is 1. The Hall–Kier alpha value is -2.53. The fourth-order valence-corrected chi connectivity index (χ4v) is 3.93. The van der Waals surface area contributed by atoms with Crippen molar-refractivity contribution in [2.24, 2.45) is 0 Å². The summed E-state index contributed by atoms with van der Waals surface area (Å²) in [5, 5.41) is 3.13. The minimum absolute atomic E-state index is 0.0547. The Morgan fingerprint density at radius 2 is 1.82 bits per heavy atom. The van der Waals surface area contributed by atoms with E-state index in [9.17, 15) is 4.79 Å². The Morgan fingerprint density at radius 1 is 1.00 bits per heavy atom. The topological polar surface area (TPSA) is 50.8 Å². The van der Waals surface area contributed by atoms with Crippen LogP contribution < -0.4 is 14.8 Å². The first-order valence-electron chi connectivity index (χ1n) is 10.3. The van der Waals surface area contributed by atoms with Gasteiger partial charge in [0.05, 0.1) is 13.2 Å². The van der Waals surface area contributed by atoms with Crippen LogP contribution in [-0.4, -0.2) is 43.2 Å². The number of ether oxygens (including phenoxy) is 2. The Kier molecular flexibility index (Phi) is 6.12. The van der Waals surface area contributed by atoms with Crippen LogP contribution in [0.4, 0.5) is 0 Å². The molecule has 1 saturated heterocycles. The van der Waals surface area contributed by atoms with E-state index in [4.69, 9.17) is 9.47 Å². The Labute approximate surface area is 166 Å². The molecule has 5 nitrogen and oxygen atoms in total. The second-order valence-corrected chi connectivity index (χ2v) is 7.53. The number of carbonyl (C=O) groups is 1. The second kappa shape index (κ2) is 9.11. The van der Waals surface area contributed by atoms with Gasteiger partial charge in [-0.15, -0.1) is 0 Å². The molecular formula is C23H28N2O3. The number of fused-ring (bicyclic) bond motifs is 1. The van der Waals surface area contributed by atoms with Gasteiger partial charge in [-0.25, -0.2) is 0 Å². The van der Waals surface area contributed by atoms with Gasteiger partial charge in [0.15, 0.2) is 11.5 Å². The lowest BCUT2D eigenvalue weighted by Crippen LogP contribution is -2.46. The highest BCUT2D eigenvalue weighted by atomic mass is 16.5. The van der Waals surface area contributed by atoms with E-state index >= 15 is 0 Å². The molecule has 2 aliphatic rings. The van der Waals surface area contributed by atoms with Crippen molar-refractivity contribution < 1.29 is 14.3 Å². The van der Waals surface area contributed by atoms with Crippen LogP contribution in [0.15, 0.2) is 48.5 Å². The number of likely N-dealkylation sites (tertiary alicyclic amines) is 1. The fraction of sp³-hybridized carbons (Fsp3) is 0.435. The molecule has 1 amide bonds. The van der Waals surface area contributed by atoms with Crippen molar-refractivity contribution in [3.8, 4) is 11.5 Å². The summed E-state index contributed by atoms with van der Waals surface area (Å²) in [6, 6.07) is 16.4. The van der Waals surface area contributed by atoms with Crippen LogP contribution in [0, 0.1) is 0 Å². The normalized spacial score (nSPS) is 19.6. The van der Waals surface area contributed by atoms with E-state index in [1.165, 1.54) is 18.4 Å². The van der Waals surface area contributed by atoms with Crippen LogP contribution in [0.5, 0.6) is 11.5 Å². The van der Waals surface area contributed by atoms with E-state index in [0.717, 1.165) is 31.7 Å². The van der Waals surface area contributed by atoms with E-state index in [1.807, 2.05) is 18.2 Å². The zero-order valence-electron chi connectivity index (χ0n) is 16.2. The minimum Gasteiger partial charge on any atom is -0.490 e. The highest BCUT2D eigenvalue weighted by Gasteiger charge is 2.23. The molecule has 148 valence electrons. The van der Waals surface area contributed by atoms with E-state index in [1.54, 1.807) is 6.07 Å². The van der Waals surface area contributed by atoms with Crippen LogP contribution in [0.25, 0.3) is 0 Å². The first-order valence-corrected chi connectivity index (χ1v) is 10.3. The Morgan fingerprint density at radius 3 is 2.68 bits per heavy atom. The van der Waals surface area contributed by atoms with Crippen LogP contribution in [0.1, 0.15) is 41.6 Å². The summed E-state index contributed by atoms with van der Waals surface area (Å²) in [6.45, 7) is 3.96. The van der Waals surface area contributed by atoms with Gasteiger partial charge < -0.3 is 14.8 Å². The molecule has 1 atom stereocenters. The summed E-state index contributed by atoms with van der Waals surface area (Å²) < 4.78 is 11.3. The maximum absolute atomic E-state index is 12.7. The molecule has 1 fully saturated rings. The molecule has 5 heteroatoms. The molecule has 0 radical (unpaired) electrons. The van der Waals surface area contributed by atoms with Gasteiger partial charge in [-0.1, -0.05) is 36.8 Å². The van der Waals surface area contributed by atoms with Gasteiger partial charge in [-0.3, -0.25) is 9.69 Å². The van der Waals surface area contributed by atoms with Crippen molar-refractivity contribution in [1.82, 2.24) is 10.2 Å². The molecule has 0 aliphatic carbocycles. The summed E-state index contributed by atoms with van der Waals surface area (Å²) in [6.07, 6.45) is 4.42. The molecular weight excluding hydrogens is 352 g/mol. The van der Waals surface area contributed by atoms with Crippen molar-refractivity contribution in [3.05, 3.63) is 59.7 Å². The number of hydrogen-bond acceptors (Lipinski definition) is 4. The Bertz CT molecular complexity index is 794. The highest BCUT2D eigenvalue weighted by Crippen LogP contribution is 2.30. The molecule has 0 aromatic heterocycles. The van der Waals surface area contributed by atoms with E-state index in [2.05, 4.69) is 34.5 Å². The first-order chi connectivity index (χ1) is 13.8. The van der Waals surface area contributed by atoms with Gasteiger partial charge in [0.2, 0.25) is 0 Å². The quantitative estimate of drug-likeness (QED) is 0.861. The zero-order chi connectivity index (χ0) is 19.2. The average Bonchev–Trinajstić information content (AvgIpc) is 2.98. The first kappa shape index (κ1) is 18.8. The number of amides is 1. The highest BCUT2D eigenvalue weighted by molar-refractivity contribution is 5.94. The molecule has 2 aromatic carbocycles. The SMILES string of the molecule is O=C(NCC1CCCCN1Cc1ccccc1)c1ccc2c(c1)OCCCO2. The van der Waals surface area contributed by atoms with E-state index < -0.39 is 0 Å². The number of carbonyl (C=O) groups excluding carboxylic acids is 1. The van der Waals surface area contributed by atoms with Crippen molar-refractivity contribution in [2.75, 3.05) is 26.3 Å². The van der Waals surface area contributed by atoms with E-state index in [0.29, 0.717) is 37.1 Å². The number of hydrogen-bond donors (Lipinski definition) is 1. The van der Waals surface area contributed by atoms with Gasteiger partial charge in [0, 0.05) is 31.1 Å². The van der Waals surface area contributed by atoms with E-state index in [-0.39, 0.29) is 5.91 Å². The smallest absolute Gasteiger partial charge is 0.251 e. The summed E-state index contributed by atoms with van der Waals surface area (Å²) in [5.41, 5.74) is 1.94. The molecule has 4 rings (SSSR count). The maximum Gasteiger partial charge on any atom is 0.251 e. The van der Waals surface area contributed by atoms with Crippen molar-refractivity contribution in [1.29, 1.82) is 0 Å². The molecule has 0 spiro atoms. The van der Waals surface area contributed by atoms with Gasteiger partial charge in [-0.2, -0.15) is 0 Å². The van der Waals surface area contributed by atoms with Gasteiger partial charge in [-0.05, 0) is 43.1 Å². The zero-order valence-corrected chi connectivity index (χ0v) is 16.2. The lowest BCUT2D eigenvalue weighted by Gasteiger charge is -2.36. The average molecular weight is 380 g/mol. The molecule has 1 N–H and O–H groups in total. The number of benzene rings is 2. The molecule has 2 aromatic rings. The van der Waals surface area contributed by atoms with Crippen LogP contribution in [0.3, 0.4) is 0 Å². The summed E-state index contributed by atoms with van der Waals surface area (Å²) in [4.78, 5) is 15.2. The predicted octanol–water partition coefficient (Wildman–Crippen LogP) is 3.63. The summed E-state index contributed by atoms with van der Waals surface area (Å²) in [7, 11) is 0. The largest absolute Gasteiger partial charge is 0.490 e. The predicted molar refractivity (Wildman–Crippen MR) is 109 cm³/mol. The minimum atomic E-state index is -0.0547. The molecule has 0 bridgehead atoms. The number of piperidine rings is 1. The third-order valence-corrected chi connectivity index (χ3v) is 5.49. The number of nitrogens with zero attached hydrogens (tertiary/aromatic N) is 1. The number of rotatable bonds is 5. The molecule has 2 aliphatic heterocycles. The van der Waals surface area contributed by atoms with Crippen LogP contribution in [-0.2, 0) is 6.54 Å². The molecule has 0 saturated carbocycles. The van der Waals surface area contributed by atoms with Gasteiger partial charge in [0.25, 0.3) is 5.91 Å². The lowest BCUT2D eigenvalue weighted by atomic mass is 10.0. The molecule has 28 heavy (non-hydrogen) atoms. The van der Waals surface area contributed by atoms with Crippen molar-refractivity contribution in [3.63, 3.8) is 0 Å². The van der Waals surface area contributed by atoms with Gasteiger partial charge >= 0.3 is 0 Å². The lowest BCUT2D eigenvalue weighted by molar-refractivity contribution is 0.0907. The molecule has 2 heterocycles. The monoisotopic (exact) mass is 380 g/mol. The molecule has 1 unspecified atom stereocenters. The van der Waals surface area contributed by atoms with Crippen molar-refractivity contribution >= 4 is 5.91 Å².